The molecular weight excluding hydrogens is 232 g/mol. The molecule has 0 spiro atoms. The Labute approximate surface area is 105 Å². The molecular formula is C13H14N2O3. The number of aromatic nitrogens is 2. The van der Waals surface area contributed by atoms with E-state index in [0.29, 0.717) is 11.8 Å². The van der Waals surface area contributed by atoms with Crippen LogP contribution in [0.1, 0.15) is 22.8 Å². The predicted octanol–water partition coefficient (Wildman–Crippen LogP) is 2.70. The first-order valence-electron chi connectivity index (χ1n) is 5.64. The second-order valence-corrected chi connectivity index (χ2v) is 3.88. The Morgan fingerprint density at radius 3 is 2.89 bits per heavy atom. The fourth-order valence-corrected chi connectivity index (χ4v) is 1.64. The summed E-state index contributed by atoms with van der Waals surface area (Å²) in [5.74, 6) is -0.333. The summed E-state index contributed by atoms with van der Waals surface area (Å²) < 4.78 is 7.53. The van der Waals surface area contributed by atoms with Crippen LogP contribution in [-0.4, -0.2) is 20.6 Å². The number of imidazole rings is 1. The maximum absolute atomic E-state index is 10.8. The third-order valence-electron chi connectivity index (χ3n) is 2.64. The molecule has 0 radical (unpaired) electrons. The summed E-state index contributed by atoms with van der Waals surface area (Å²) in [6.07, 6.45) is 3.50. The maximum Gasteiger partial charge on any atom is 0.335 e. The number of carboxylic acid groups (broad SMARTS) is 1. The highest BCUT2D eigenvalue weighted by molar-refractivity contribution is 5.88. The smallest absolute Gasteiger partial charge is 0.335 e. The summed E-state index contributed by atoms with van der Waals surface area (Å²) >= 11 is 0. The molecule has 0 bridgehead atoms. The molecule has 1 N–H and O–H groups in total. The molecule has 0 saturated heterocycles. The van der Waals surface area contributed by atoms with Crippen LogP contribution < -0.4 is 4.74 Å². The van der Waals surface area contributed by atoms with Gasteiger partial charge in [0.2, 0.25) is 0 Å². The van der Waals surface area contributed by atoms with E-state index < -0.39 is 5.97 Å². The van der Waals surface area contributed by atoms with Crippen LogP contribution in [0.5, 0.6) is 11.8 Å². The monoisotopic (exact) mass is 246 g/mol. The third kappa shape index (κ3) is 2.34. The van der Waals surface area contributed by atoms with E-state index in [0.717, 1.165) is 12.1 Å². The van der Waals surface area contributed by atoms with E-state index in [2.05, 4.69) is 4.98 Å². The number of aromatic carboxylic acids is 1. The van der Waals surface area contributed by atoms with Crippen molar-refractivity contribution in [2.45, 2.75) is 20.4 Å². The Kier molecular flexibility index (Phi) is 3.32. The van der Waals surface area contributed by atoms with Gasteiger partial charge in [0.1, 0.15) is 5.75 Å². The van der Waals surface area contributed by atoms with Crippen molar-refractivity contribution >= 4 is 5.97 Å². The standard InChI is InChI=1S/C13H14N2O3/c1-3-15-7-6-14-13(15)18-11-5-4-10(12(16)17)8-9(11)2/h4-8H,3H2,1-2H3,(H,16,17). The summed E-state index contributed by atoms with van der Waals surface area (Å²) in [6, 6.07) is 5.25. The van der Waals surface area contributed by atoms with Gasteiger partial charge in [0.25, 0.3) is 0 Å². The number of aryl methyl sites for hydroxylation is 2. The van der Waals surface area contributed by atoms with E-state index in [9.17, 15) is 4.79 Å². The van der Waals surface area contributed by atoms with E-state index in [1.807, 2.05) is 17.7 Å². The van der Waals surface area contributed by atoms with Crippen molar-refractivity contribution < 1.29 is 14.6 Å². The van der Waals surface area contributed by atoms with Gasteiger partial charge in [-0.15, -0.1) is 0 Å². The summed E-state index contributed by atoms with van der Waals surface area (Å²) in [4.78, 5) is 14.9. The molecule has 0 fully saturated rings. The zero-order valence-electron chi connectivity index (χ0n) is 10.3. The maximum atomic E-state index is 10.8. The van der Waals surface area contributed by atoms with Gasteiger partial charge < -0.3 is 14.4 Å². The lowest BCUT2D eigenvalue weighted by atomic mass is 10.1. The van der Waals surface area contributed by atoms with Crippen LogP contribution in [0.3, 0.4) is 0 Å². The second kappa shape index (κ2) is 4.91. The molecule has 0 aliphatic heterocycles. The number of hydrogen-bond donors (Lipinski definition) is 1. The lowest BCUT2D eigenvalue weighted by Gasteiger charge is -2.09. The minimum atomic E-state index is -0.945. The number of carbonyl (C=O) groups is 1. The van der Waals surface area contributed by atoms with E-state index >= 15 is 0 Å². The van der Waals surface area contributed by atoms with Crippen molar-refractivity contribution in [3.8, 4) is 11.8 Å². The van der Waals surface area contributed by atoms with Gasteiger partial charge in [-0.25, -0.2) is 9.78 Å². The summed E-state index contributed by atoms with van der Waals surface area (Å²) in [6.45, 7) is 4.57. The van der Waals surface area contributed by atoms with Crippen LogP contribution in [0.4, 0.5) is 0 Å². The Morgan fingerprint density at radius 2 is 2.28 bits per heavy atom. The molecule has 1 heterocycles. The van der Waals surface area contributed by atoms with Gasteiger partial charge >= 0.3 is 12.0 Å². The lowest BCUT2D eigenvalue weighted by molar-refractivity contribution is 0.0697. The highest BCUT2D eigenvalue weighted by Gasteiger charge is 2.09. The number of hydrogen-bond acceptors (Lipinski definition) is 3. The molecule has 18 heavy (non-hydrogen) atoms. The molecule has 0 aliphatic carbocycles. The zero-order valence-corrected chi connectivity index (χ0v) is 10.3. The molecule has 1 aromatic carbocycles. The van der Waals surface area contributed by atoms with Gasteiger partial charge in [-0.3, -0.25) is 0 Å². The number of ether oxygens (including phenoxy) is 1. The van der Waals surface area contributed by atoms with Gasteiger partial charge in [-0.05, 0) is 37.6 Å². The molecule has 0 atom stereocenters. The van der Waals surface area contributed by atoms with E-state index in [1.165, 1.54) is 6.07 Å². The van der Waals surface area contributed by atoms with E-state index in [4.69, 9.17) is 9.84 Å². The number of rotatable bonds is 4. The van der Waals surface area contributed by atoms with Crippen molar-refractivity contribution in [2.75, 3.05) is 0 Å². The van der Waals surface area contributed by atoms with Crippen LogP contribution in [0, 0.1) is 6.92 Å². The Balaban J connectivity index is 2.27. The fraction of sp³-hybridized carbons (Fsp3) is 0.231. The Hall–Kier alpha value is -2.30. The average Bonchev–Trinajstić information content (AvgIpc) is 2.78. The lowest BCUT2D eigenvalue weighted by Crippen LogP contribution is -2.00. The molecule has 2 aromatic rings. The van der Waals surface area contributed by atoms with Crippen molar-refractivity contribution in [2.24, 2.45) is 0 Å². The average molecular weight is 246 g/mol. The van der Waals surface area contributed by atoms with E-state index in [-0.39, 0.29) is 5.56 Å². The fourth-order valence-electron chi connectivity index (χ4n) is 1.64. The van der Waals surface area contributed by atoms with Crippen LogP contribution in [0.2, 0.25) is 0 Å². The molecule has 0 aliphatic rings. The topological polar surface area (TPSA) is 64.4 Å². The minimum absolute atomic E-state index is 0.249. The quantitative estimate of drug-likeness (QED) is 0.900. The molecule has 0 unspecified atom stereocenters. The molecule has 5 nitrogen and oxygen atoms in total. The van der Waals surface area contributed by atoms with Gasteiger partial charge in [-0.2, -0.15) is 0 Å². The first-order valence-corrected chi connectivity index (χ1v) is 5.64. The Bertz CT molecular complexity index is 575. The van der Waals surface area contributed by atoms with Gasteiger partial charge in [0.15, 0.2) is 0 Å². The van der Waals surface area contributed by atoms with Gasteiger partial charge in [-0.1, -0.05) is 0 Å². The molecule has 0 amide bonds. The summed E-state index contributed by atoms with van der Waals surface area (Å²) in [5.41, 5.74) is 1.01. The minimum Gasteiger partial charge on any atom is -0.478 e. The SMILES string of the molecule is CCn1ccnc1Oc1ccc(C(=O)O)cc1C. The van der Waals surface area contributed by atoms with E-state index in [1.54, 1.807) is 25.3 Å². The predicted molar refractivity (Wildman–Crippen MR) is 66.1 cm³/mol. The molecule has 94 valence electrons. The summed E-state index contributed by atoms with van der Waals surface area (Å²) in [7, 11) is 0. The van der Waals surface area contributed by atoms with Crippen molar-refractivity contribution in [1.82, 2.24) is 9.55 Å². The van der Waals surface area contributed by atoms with Crippen LogP contribution >= 0.6 is 0 Å². The number of nitrogens with zero attached hydrogens (tertiary/aromatic N) is 2. The molecule has 0 saturated carbocycles. The third-order valence-corrected chi connectivity index (χ3v) is 2.64. The number of carboxylic acids is 1. The van der Waals surface area contributed by atoms with Crippen molar-refractivity contribution in [3.63, 3.8) is 0 Å². The normalized spacial score (nSPS) is 10.3. The largest absolute Gasteiger partial charge is 0.478 e. The van der Waals surface area contributed by atoms with Crippen LogP contribution in [-0.2, 0) is 6.54 Å². The van der Waals surface area contributed by atoms with Crippen molar-refractivity contribution in [3.05, 3.63) is 41.7 Å². The first-order chi connectivity index (χ1) is 8.61. The Morgan fingerprint density at radius 1 is 1.50 bits per heavy atom. The van der Waals surface area contributed by atoms with Crippen LogP contribution in [0.15, 0.2) is 30.6 Å². The van der Waals surface area contributed by atoms with Crippen LogP contribution in [0.25, 0.3) is 0 Å². The molecule has 5 heteroatoms. The highest BCUT2D eigenvalue weighted by atomic mass is 16.5. The highest BCUT2D eigenvalue weighted by Crippen LogP contribution is 2.24. The molecule has 2 rings (SSSR count). The van der Waals surface area contributed by atoms with Crippen molar-refractivity contribution in [1.29, 1.82) is 0 Å². The molecule has 1 aromatic heterocycles. The summed E-state index contributed by atoms with van der Waals surface area (Å²) in [5, 5.41) is 8.88. The van der Waals surface area contributed by atoms with Gasteiger partial charge in [0.05, 0.1) is 5.56 Å². The first kappa shape index (κ1) is 12.2. The number of benzene rings is 1. The van der Waals surface area contributed by atoms with Gasteiger partial charge in [0, 0.05) is 18.9 Å². The second-order valence-electron chi connectivity index (χ2n) is 3.88. The zero-order chi connectivity index (χ0) is 13.1.